The molecule has 2 rings (SSSR count). The van der Waals surface area contributed by atoms with Crippen molar-refractivity contribution in [1.29, 1.82) is 0 Å². The van der Waals surface area contributed by atoms with E-state index in [0.29, 0.717) is 12.2 Å². The molecule has 0 bridgehead atoms. The molecular formula is C11H17N3O2. The molecule has 0 atom stereocenters. The number of nitrogens with zero attached hydrogens (tertiary/aromatic N) is 1. The van der Waals surface area contributed by atoms with Gasteiger partial charge in [-0.2, -0.15) is 0 Å². The van der Waals surface area contributed by atoms with E-state index in [0.717, 1.165) is 25.7 Å². The van der Waals surface area contributed by atoms with Gasteiger partial charge in [0.1, 0.15) is 6.26 Å². The first-order valence-electron chi connectivity index (χ1n) is 5.67. The van der Waals surface area contributed by atoms with Crippen LogP contribution in [-0.4, -0.2) is 16.6 Å². The summed E-state index contributed by atoms with van der Waals surface area (Å²) >= 11 is 0. The maximum Gasteiger partial charge on any atom is 0.227 e. The van der Waals surface area contributed by atoms with Gasteiger partial charge in [-0.25, -0.2) is 0 Å². The van der Waals surface area contributed by atoms with E-state index in [2.05, 4.69) is 15.0 Å². The zero-order chi connectivity index (χ0) is 11.4. The van der Waals surface area contributed by atoms with Gasteiger partial charge in [-0.15, -0.1) is 0 Å². The maximum absolute atomic E-state index is 11.7. The Balaban J connectivity index is 1.86. The van der Waals surface area contributed by atoms with Gasteiger partial charge in [0, 0.05) is 18.0 Å². The number of rotatable bonds is 3. The summed E-state index contributed by atoms with van der Waals surface area (Å²) in [5.74, 6) is 0.364. The molecule has 0 aromatic carbocycles. The van der Waals surface area contributed by atoms with E-state index in [-0.39, 0.29) is 11.4 Å². The first-order valence-corrected chi connectivity index (χ1v) is 5.67. The van der Waals surface area contributed by atoms with Crippen molar-refractivity contribution in [3.8, 4) is 0 Å². The van der Waals surface area contributed by atoms with Gasteiger partial charge in [0.25, 0.3) is 0 Å². The van der Waals surface area contributed by atoms with Gasteiger partial charge in [0.2, 0.25) is 5.91 Å². The lowest BCUT2D eigenvalue weighted by molar-refractivity contribution is -0.117. The maximum atomic E-state index is 11.7. The van der Waals surface area contributed by atoms with Crippen molar-refractivity contribution in [1.82, 2.24) is 5.16 Å². The Morgan fingerprint density at radius 2 is 2.25 bits per heavy atom. The first kappa shape index (κ1) is 11.1. The quantitative estimate of drug-likeness (QED) is 0.816. The van der Waals surface area contributed by atoms with Gasteiger partial charge in [0.15, 0.2) is 5.82 Å². The zero-order valence-electron chi connectivity index (χ0n) is 9.24. The summed E-state index contributed by atoms with van der Waals surface area (Å²) < 4.78 is 4.63. The molecule has 0 unspecified atom stereocenters. The van der Waals surface area contributed by atoms with Crippen LogP contribution in [0.25, 0.3) is 0 Å². The van der Waals surface area contributed by atoms with E-state index in [1.54, 1.807) is 6.07 Å². The van der Waals surface area contributed by atoms with Crippen LogP contribution in [0.5, 0.6) is 0 Å². The van der Waals surface area contributed by atoms with Crippen LogP contribution in [-0.2, 0) is 4.79 Å². The van der Waals surface area contributed by atoms with E-state index in [1.165, 1.54) is 12.7 Å². The van der Waals surface area contributed by atoms with Crippen molar-refractivity contribution in [2.45, 2.75) is 44.1 Å². The molecule has 3 N–H and O–H groups in total. The molecule has 0 spiro atoms. The second-order valence-electron chi connectivity index (χ2n) is 4.53. The zero-order valence-corrected chi connectivity index (χ0v) is 9.24. The second kappa shape index (κ2) is 4.65. The van der Waals surface area contributed by atoms with E-state index in [9.17, 15) is 4.79 Å². The fourth-order valence-electron chi connectivity index (χ4n) is 2.22. The molecule has 1 heterocycles. The molecule has 0 saturated heterocycles. The van der Waals surface area contributed by atoms with Crippen LogP contribution in [0, 0.1) is 0 Å². The number of carbonyl (C=O) groups is 1. The molecule has 1 aliphatic rings. The van der Waals surface area contributed by atoms with Crippen molar-refractivity contribution in [3.63, 3.8) is 0 Å². The summed E-state index contributed by atoms with van der Waals surface area (Å²) in [7, 11) is 0. The predicted octanol–water partition coefficient (Wildman–Crippen LogP) is 1.66. The van der Waals surface area contributed by atoms with Crippen LogP contribution in [0.15, 0.2) is 16.9 Å². The second-order valence-corrected chi connectivity index (χ2v) is 4.53. The minimum Gasteiger partial charge on any atom is -0.363 e. The molecule has 1 aromatic rings. The van der Waals surface area contributed by atoms with Gasteiger partial charge in [-0.3, -0.25) is 4.79 Å². The van der Waals surface area contributed by atoms with Gasteiger partial charge in [-0.1, -0.05) is 24.4 Å². The Kier molecular flexibility index (Phi) is 3.24. The molecule has 1 fully saturated rings. The van der Waals surface area contributed by atoms with Crippen LogP contribution < -0.4 is 11.1 Å². The molecule has 0 aliphatic heterocycles. The first-order chi connectivity index (χ1) is 7.68. The lowest BCUT2D eigenvalue weighted by Gasteiger charge is -2.32. The average Bonchev–Trinajstić information content (AvgIpc) is 2.70. The van der Waals surface area contributed by atoms with Crippen molar-refractivity contribution < 1.29 is 9.32 Å². The fourth-order valence-corrected chi connectivity index (χ4v) is 2.22. The molecule has 1 aromatic heterocycles. The minimum absolute atomic E-state index is 0.0849. The number of hydrogen-bond acceptors (Lipinski definition) is 4. The number of nitrogens with one attached hydrogen (secondary N) is 1. The van der Waals surface area contributed by atoms with Crippen LogP contribution in [0.4, 0.5) is 5.82 Å². The van der Waals surface area contributed by atoms with E-state index in [4.69, 9.17) is 5.73 Å². The molecule has 16 heavy (non-hydrogen) atoms. The third kappa shape index (κ3) is 2.82. The molecule has 1 saturated carbocycles. The van der Waals surface area contributed by atoms with Crippen molar-refractivity contribution in [2.75, 3.05) is 5.32 Å². The molecule has 1 amide bonds. The molecule has 1 aliphatic carbocycles. The van der Waals surface area contributed by atoms with Gasteiger partial charge < -0.3 is 15.6 Å². The Bertz CT molecular complexity index is 342. The Morgan fingerprint density at radius 1 is 1.50 bits per heavy atom. The minimum atomic E-state index is -0.327. The van der Waals surface area contributed by atoms with E-state index >= 15 is 0 Å². The van der Waals surface area contributed by atoms with Crippen LogP contribution in [0.3, 0.4) is 0 Å². The number of aromatic nitrogens is 1. The number of hydrogen-bond donors (Lipinski definition) is 2. The lowest BCUT2D eigenvalue weighted by Crippen LogP contribution is -2.44. The standard InChI is InChI=1S/C11H17N3O2/c12-11(5-2-1-3-6-11)8-10(15)13-9-4-7-16-14-9/h4,7H,1-3,5-6,8,12H2,(H,13,14,15). The van der Waals surface area contributed by atoms with Crippen molar-refractivity contribution >= 4 is 11.7 Å². The number of anilines is 1. The van der Waals surface area contributed by atoms with Gasteiger partial charge in [-0.05, 0) is 12.8 Å². The fraction of sp³-hybridized carbons (Fsp3) is 0.636. The van der Waals surface area contributed by atoms with Gasteiger partial charge >= 0.3 is 0 Å². The topological polar surface area (TPSA) is 81.2 Å². The highest BCUT2D eigenvalue weighted by Crippen LogP contribution is 2.28. The summed E-state index contributed by atoms with van der Waals surface area (Å²) in [6.45, 7) is 0. The molecule has 0 radical (unpaired) electrons. The smallest absolute Gasteiger partial charge is 0.227 e. The summed E-state index contributed by atoms with van der Waals surface area (Å²) in [6.07, 6.45) is 7.11. The highest BCUT2D eigenvalue weighted by Gasteiger charge is 2.30. The summed E-state index contributed by atoms with van der Waals surface area (Å²) in [6, 6.07) is 1.61. The molecular weight excluding hydrogens is 206 g/mol. The summed E-state index contributed by atoms with van der Waals surface area (Å²) in [5.41, 5.74) is 5.86. The monoisotopic (exact) mass is 223 g/mol. The normalized spacial score (nSPS) is 19.3. The summed E-state index contributed by atoms with van der Waals surface area (Å²) in [5, 5.41) is 6.29. The van der Waals surface area contributed by atoms with Crippen LogP contribution in [0.1, 0.15) is 38.5 Å². The average molecular weight is 223 g/mol. The largest absolute Gasteiger partial charge is 0.363 e. The predicted molar refractivity (Wildman–Crippen MR) is 59.8 cm³/mol. The molecule has 5 nitrogen and oxygen atoms in total. The number of carbonyl (C=O) groups excluding carboxylic acids is 1. The Labute approximate surface area is 94.4 Å². The van der Waals surface area contributed by atoms with Gasteiger partial charge in [0.05, 0.1) is 0 Å². The highest BCUT2D eigenvalue weighted by molar-refractivity contribution is 5.90. The Hall–Kier alpha value is -1.36. The number of nitrogens with two attached hydrogens (primary N) is 1. The van der Waals surface area contributed by atoms with Crippen LogP contribution >= 0.6 is 0 Å². The van der Waals surface area contributed by atoms with Crippen molar-refractivity contribution in [2.24, 2.45) is 5.73 Å². The Morgan fingerprint density at radius 3 is 2.88 bits per heavy atom. The molecule has 5 heteroatoms. The van der Waals surface area contributed by atoms with Crippen molar-refractivity contribution in [3.05, 3.63) is 12.3 Å². The van der Waals surface area contributed by atoms with Crippen LogP contribution in [0.2, 0.25) is 0 Å². The number of amides is 1. The third-order valence-electron chi connectivity index (χ3n) is 3.07. The molecule has 88 valence electrons. The highest BCUT2D eigenvalue weighted by atomic mass is 16.5. The van der Waals surface area contributed by atoms with E-state index < -0.39 is 0 Å². The van der Waals surface area contributed by atoms with E-state index in [1.807, 2.05) is 0 Å². The SMILES string of the molecule is NC1(CC(=O)Nc2ccon2)CCCCC1. The lowest BCUT2D eigenvalue weighted by atomic mass is 9.80. The third-order valence-corrected chi connectivity index (χ3v) is 3.07. The summed E-state index contributed by atoms with van der Waals surface area (Å²) in [4.78, 5) is 11.7.